The van der Waals surface area contributed by atoms with Crippen LogP contribution in [0, 0.1) is 0 Å². The summed E-state index contributed by atoms with van der Waals surface area (Å²) in [6.07, 6.45) is -0.341. The smallest absolute Gasteiger partial charge is 0.0917 e. The first-order valence-corrected chi connectivity index (χ1v) is 6.62. The Balaban J connectivity index is 1.85. The van der Waals surface area contributed by atoms with Crippen molar-refractivity contribution in [2.24, 2.45) is 0 Å². The molecule has 2 nitrogen and oxygen atoms in total. The molecule has 2 aromatic rings. The van der Waals surface area contributed by atoms with E-state index in [9.17, 15) is 5.11 Å². The molecule has 1 aliphatic heterocycles. The lowest BCUT2D eigenvalue weighted by atomic mass is 10.1. The molecule has 2 aromatic carbocycles. The Kier molecular flexibility index (Phi) is 3.05. The lowest BCUT2D eigenvalue weighted by Gasteiger charge is -2.12. The molecule has 0 aromatic heterocycles. The zero-order chi connectivity index (χ0) is 11.7. The number of thioether (sulfide) groups is 1. The third kappa shape index (κ3) is 2.32. The van der Waals surface area contributed by atoms with Crippen molar-refractivity contribution in [2.75, 3.05) is 13.2 Å². The lowest BCUT2D eigenvalue weighted by molar-refractivity contribution is 0.127. The van der Waals surface area contributed by atoms with E-state index in [0.717, 1.165) is 0 Å². The van der Waals surface area contributed by atoms with Gasteiger partial charge >= 0.3 is 0 Å². The monoisotopic (exact) mass is 246 g/mol. The number of aliphatic hydroxyl groups excluding tert-OH is 1. The van der Waals surface area contributed by atoms with E-state index in [1.165, 1.54) is 15.7 Å². The summed E-state index contributed by atoms with van der Waals surface area (Å²) in [6.45, 7) is 1.10. The van der Waals surface area contributed by atoms with Crippen LogP contribution in [0.5, 0.6) is 0 Å². The van der Waals surface area contributed by atoms with Crippen LogP contribution in [0.4, 0.5) is 0 Å². The number of fused-ring (bicyclic) bond motifs is 1. The molecular weight excluding hydrogens is 232 g/mol. The summed E-state index contributed by atoms with van der Waals surface area (Å²) in [4.78, 5) is 1.19. The van der Waals surface area contributed by atoms with Gasteiger partial charge in [0, 0.05) is 4.90 Å². The highest BCUT2D eigenvalue weighted by Gasteiger charge is 2.26. The van der Waals surface area contributed by atoms with Gasteiger partial charge in [0.25, 0.3) is 0 Å². The van der Waals surface area contributed by atoms with Gasteiger partial charge in [-0.25, -0.2) is 0 Å². The van der Waals surface area contributed by atoms with E-state index in [1.807, 2.05) is 12.1 Å². The molecule has 2 atom stereocenters. The van der Waals surface area contributed by atoms with Crippen molar-refractivity contribution in [1.29, 1.82) is 0 Å². The Labute approximate surface area is 105 Å². The summed E-state index contributed by atoms with van der Waals surface area (Å²) in [5.41, 5.74) is 0. The number of rotatable bonds is 2. The predicted molar refractivity (Wildman–Crippen MR) is 70.4 cm³/mol. The number of hydrogen-bond donors (Lipinski definition) is 1. The van der Waals surface area contributed by atoms with Crippen molar-refractivity contribution in [2.45, 2.75) is 16.2 Å². The maximum Gasteiger partial charge on any atom is 0.0917 e. The van der Waals surface area contributed by atoms with Gasteiger partial charge < -0.3 is 9.84 Å². The van der Waals surface area contributed by atoms with Gasteiger partial charge in [0.2, 0.25) is 0 Å². The van der Waals surface area contributed by atoms with Crippen LogP contribution in [-0.4, -0.2) is 29.7 Å². The summed E-state index contributed by atoms with van der Waals surface area (Å²) < 4.78 is 5.26. The molecule has 0 aliphatic carbocycles. The summed E-state index contributed by atoms with van der Waals surface area (Å²) in [6, 6.07) is 14.7. The van der Waals surface area contributed by atoms with E-state index in [-0.39, 0.29) is 11.4 Å². The van der Waals surface area contributed by atoms with Crippen LogP contribution in [-0.2, 0) is 4.74 Å². The third-order valence-corrected chi connectivity index (χ3v) is 4.29. The molecule has 3 rings (SSSR count). The number of hydrogen-bond acceptors (Lipinski definition) is 3. The molecule has 1 aliphatic rings. The van der Waals surface area contributed by atoms with Gasteiger partial charge in [0.1, 0.15) is 0 Å². The van der Waals surface area contributed by atoms with Crippen molar-refractivity contribution in [3.63, 3.8) is 0 Å². The van der Waals surface area contributed by atoms with Gasteiger partial charge in [-0.2, -0.15) is 0 Å². The quantitative estimate of drug-likeness (QED) is 0.883. The molecule has 1 fully saturated rings. The second-order valence-corrected chi connectivity index (χ2v) is 5.58. The Bertz CT molecular complexity index is 526. The molecule has 0 amide bonds. The molecule has 1 heterocycles. The SMILES string of the molecule is O[C@@H]1COC[C@H]1Sc1ccc2ccccc2c1. The highest BCUT2D eigenvalue weighted by molar-refractivity contribution is 8.00. The predicted octanol–water partition coefficient (Wildman–Crippen LogP) is 2.69. The van der Waals surface area contributed by atoms with E-state index < -0.39 is 0 Å². The average Bonchev–Trinajstić information content (AvgIpc) is 2.75. The van der Waals surface area contributed by atoms with E-state index in [1.54, 1.807) is 11.8 Å². The Morgan fingerprint density at radius 2 is 1.88 bits per heavy atom. The van der Waals surface area contributed by atoms with Crippen LogP contribution >= 0.6 is 11.8 Å². The first-order chi connectivity index (χ1) is 8.33. The maximum atomic E-state index is 9.72. The first-order valence-electron chi connectivity index (χ1n) is 5.74. The van der Waals surface area contributed by atoms with E-state index in [0.29, 0.717) is 13.2 Å². The molecule has 3 heteroatoms. The van der Waals surface area contributed by atoms with Gasteiger partial charge in [0.05, 0.1) is 24.6 Å². The van der Waals surface area contributed by atoms with Crippen molar-refractivity contribution in [3.05, 3.63) is 42.5 Å². The molecule has 0 bridgehead atoms. The molecule has 1 saturated heterocycles. The minimum atomic E-state index is -0.341. The zero-order valence-corrected chi connectivity index (χ0v) is 10.2. The third-order valence-electron chi connectivity index (χ3n) is 3.01. The lowest BCUT2D eigenvalue weighted by Crippen LogP contribution is -2.19. The molecule has 1 N–H and O–H groups in total. The topological polar surface area (TPSA) is 29.5 Å². The van der Waals surface area contributed by atoms with Gasteiger partial charge in [-0.3, -0.25) is 0 Å². The molecule has 0 unspecified atom stereocenters. The van der Waals surface area contributed by atoms with Gasteiger partial charge in [-0.1, -0.05) is 30.3 Å². The fourth-order valence-corrected chi connectivity index (χ4v) is 3.14. The highest BCUT2D eigenvalue weighted by atomic mass is 32.2. The first kappa shape index (κ1) is 11.1. The van der Waals surface area contributed by atoms with Crippen LogP contribution in [0.1, 0.15) is 0 Å². The fourth-order valence-electron chi connectivity index (χ4n) is 2.05. The standard InChI is InChI=1S/C14H14O2S/c15-13-8-16-9-14(13)17-12-6-5-10-3-1-2-4-11(10)7-12/h1-7,13-15H,8-9H2/t13-,14-/m1/s1. The van der Waals surface area contributed by atoms with E-state index in [2.05, 4.69) is 30.3 Å². The fraction of sp³-hybridized carbons (Fsp3) is 0.286. The number of benzene rings is 2. The normalized spacial score (nSPS) is 24.3. The highest BCUT2D eigenvalue weighted by Crippen LogP contribution is 2.30. The van der Waals surface area contributed by atoms with Gasteiger partial charge in [-0.15, -0.1) is 11.8 Å². The summed E-state index contributed by atoms with van der Waals surface area (Å²) in [5, 5.41) is 12.4. The molecule has 17 heavy (non-hydrogen) atoms. The summed E-state index contributed by atoms with van der Waals surface area (Å²) >= 11 is 1.70. The van der Waals surface area contributed by atoms with Crippen LogP contribution in [0.25, 0.3) is 10.8 Å². The van der Waals surface area contributed by atoms with Gasteiger partial charge in [-0.05, 0) is 22.9 Å². The second kappa shape index (κ2) is 4.69. The largest absolute Gasteiger partial charge is 0.389 e. The zero-order valence-electron chi connectivity index (χ0n) is 9.37. The van der Waals surface area contributed by atoms with Crippen molar-refractivity contribution in [1.82, 2.24) is 0 Å². The summed E-state index contributed by atoms with van der Waals surface area (Å²) in [5.74, 6) is 0. The molecular formula is C14H14O2S. The average molecular weight is 246 g/mol. The summed E-state index contributed by atoms with van der Waals surface area (Å²) in [7, 11) is 0. The molecule has 0 spiro atoms. The number of ether oxygens (including phenoxy) is 1. The van der Waals surface area contributed by atoms with Crippen LogP contribution < -0.4 is 0 Å². The van der Waals surface area contributed by atoms with Crippen molar-refractivity contribution < 1.29 is 9.84 Å². The maximum absolute atomic E-state index is 9.72. The van der Waals surface area contributed by atoms with E-state index in [4.69, 9.17) is 4.74 Å². The van der Waals surface area contributed by atoms with Crippen LogP contribution in [0.15, 0.2) is 47.4 Å². The minimum absolute atomic E-state index is 0.163. The Morgan fingerprint density at radius 3 is 2.65 bits per heavy atom. The Morgan fingerprint density at radius 1 is 1.06 bits per heavy atom. The van der Waals surface area contributed by atoms with Gasteiger partial charge in [0.15, 0.2) is 0 Å². The second-order valence-electron chi connectivity index (χ2n) is 4.27. The van der Waals surface area contributed by atoms with Crippen LogP contribution in [0.3, 0.4) is 0 Å². The Hall–Kier alpha value is -1.03. The molecule has 0 saturated carbocycles. The van der Waals surface area contributed by atoms with E-state index >= 15 is 0 Å². The van der Waals surface area contributed by atoms with Crippen molar-refractivity contribution >= 4 is 22.5 Å². The molecule has 88 valence electrons. The van der Waals surface area contributed by atoms with Crippen LogP contribution in [0.2, 0.25) is 0 Å². The van der Waals surface area contributed by atoms with Crippen molar-refractivity contribution in [3.8, 4) is 0 Å². The molecule has 0 radical (unpaired) electrons. The number of aliphatic hydroxyl groups is 1. The minimum Gasteiger partial charge on any atom is -0.389 e.